The standard InChI is InChI=1S/C15H18N4O/c1-19-9-12(8-18-19)14(16)15(20)17-7-11-6-10-4-2-3-5-13(10)11/h2-5,8-9,11,14H,6-7,16H2,1H3,(H,17,20). The fourth-order valence-corrected chi connectivity index (χ4v) is 2.63. The largest absolute Gasteiger partial charge is 0.354 e. The van der Waals surface area contributed by atoms with Crippen LogP contribution in [-0.4, -0.2) is 22.2 Å². The maximum Gasteiger partial charge on any atom is 0.241 e. The molecule has 1 aromatic carbocycles. The van der Waals surface area contributed by atoms with Gasteiger partial charge in [0.2, 0.25) is 5.91 Å². The van der Waals surface area contributed by atoms with Crippen molar-refractivity contribution >= 4 is 5.91 Å². The number of nitrogens with two attached hydrogens (primary N) is 1. The van der Waals surface area contributed by atoms with Crippen molar-refractivity contribution in [2.24, 2.45) is 12.8 Å². The molecule has 2 aromatic rings. The van der Waals surface area contributed by atoms with E-state index in [9.17, 15) is 4.79 Å². The van der Waals surface area contributed by atoms with Crippen LogP contribution >= 0.6 is 0 Å². The van der Waals surface area contributed by atoms with Crippen LogP contribution in [0.3, 0.4) is 0 Å². The second-order valence-corrected chi connectivity index (χ2v) is 5.27. The maximum atomic E-state index is 12.0. The number of nitrogens with one attached hydrogen (secondary N) is 1. The maximum absolute atomic E-state index is 12.0. The Labute approximate surface area is 117 Å². The first kappa shape index (κ1) is 12.9. The molecule has 20 heavy (non-hydrogen) atoms. The van der Waals surface area contributed by atoms with Crippen LogP contribution in [0.1, 0.15) is 28.7 Å². The Morgan fingerprint density at radius 3 is 3.05 bits per heavy atom. The number of fused-ring (bicyclic) bond motifs is 1. The number of nitrogens with zero attached hydrogens (tertiary/aromatic N) is 2. The first-order valence-corrected chi connectivity index (χ1v) is 6.75. The van der Waals surface area contributed by atoms with Gasteiger partial charge in [0, 0.05) is 31.3 Å². The summed E-state index contributed by atoms with van der Waals surface area (Å²) in [6, 6.07) is 7.69. The Kier molecular flexibility index (Phi) is 3.28. The molecule has 0 radical (unpaired) electrons. The highest BCUT2D eigenvalue weighted by Gasteiger charge is 2.26. The Morgan fingerprint density at radius 2 is 2.35 bits per heavy atom. The molecule has 0 bridgehead atoms. The van der Waals surface area contributed by atoms with E-state index in [1.165, 1.54) is 11.1 Å². The van der Waals surface area contributed by atoms with Gasteiger partial charge in [-0.3, -0.25) is 9.48 Å². The van der Waals surface area contributed by atoms with E-state index in [4.69, 9.17) is 5.73 Å². The molecule has 0 fully saturated rings. The first-order valence-electron chi connectivity index (χ1n) is 6.75. The molecule has 5 heteroatoms. The SMILES string of the molecule is Cn1cc(C(N)C(=O)NCC2Cc3ccccc32)cn1. The number of aryl methyl sites for hydroxylation is 1. The van der Waals surface area contributed by atoms with Gasteiger partial charge < -0.3 is 11.1 Å². The lowest BCUT2D eigenvalue weighted by Crippen LogP contribution is -2.38. The molecule has 1 aliphatic carbocycles. The van der Waals surface area contributed by atoms with Crippen molar-refractivity contribution < 1.29 is 4.79 Å². The van der Waals surface area contributed by atoms with E-state index >= 15 is 0 Å². The number of carbonyl (C=O) groups is 1. The zero-order valence-electron chi connectivity index (χ0n) is 11.4. The first-order chi connectivity index (χ1) is 9.65. The Hall–Kier alpha value is -2.14. The number of aromatic nitrogens is 2. The number of rotatable bonds is 4. The van der Waals surface area contributed by atoms with E-state index in [0.717, 1.165) is 12.0 Å². The van der Waals surface area contributed by atoms with Crippen LogP contribution in [0.4, 0.5) is 0 Å². The number of carbonyl (C=O) groups excluding carboxylic acids is 1. The molecule has 0 saturated heterocycles. The zero-order valence-corrected chi connectivity index (χ0v) is 11.4. The highest BCUT2D eigenvalue weighted by Crippen LogP contribution is 2.34. The van der Waals surface area contributed by atoms with Gasteiger partial charge in [-0.15, -0.1) is 0 Å². The summed E-state index contributed by atoms with van der Waals surface area (Å²) in [5.41, 5.74) is 9.38. The lowest BCUT2D eigenvalue weighted by molar-refractivity contribution is -0.122. The summed E-state index contributed by atoms with van der Waals surface area (Å²) in [5.74, 6) is 0.263. The van der Waals surface area contributed by atoms with E-state index in [1.54, 1.807) is 24.1 Å². The monoisotopic (exact) mass is 270 g/mol. The predicted octanol–water partition coefficient (Wildman–Crippen LogP) is 0.876. The van der Waals surface area contributed by atoms with Gasteiger partial charge in [-0.05, 0) is 17.5 Å². The van der Waals surface area contributed by atoms with E-state index in [1.807, 2.05) is 12.1 Å². The normalized spacial score (nSPS) is 18.0. The highest BCUT2D eigenvalue weighted by atomic mass is 16.2. The summed E-state index contributed by atoms with van der Waals surface area (Å²) < 4.78 is 1.64. The molecular formula is C15H18N4O. The van der Waals surface area contributed by atoms with Gasteiger partial charge in [-0.1, -0.05) is 24.3 Å². The average Bonchev–Trinajstić information content (AvgIpc) is 2.85. The average molecular weight is 270 g/mol. The molecule has 0 aliphatic heterocycles. The third kappa shape index (κ3) is 2.32. The number of hydrogen-bond acceptors (Lipinski definition) is 3. The van der Waals surface area contributed by atoms with Crippen LogP contribution in [-0.2, 0) is 18.3 Å². The molecule has 3 N–H and O–H groups in total. The summed E-state index contributed by atoms with van der Waals surface area (Å²) in [7, 11) is 1.80. The number of amides is 1. The van der Waals surface area contributed by atoms with Gasteiger partial charge in [-0.25, -0.2) is 0 Å². The van der Waals surface area contributed by atoms with Crippen molar-refractivity contribution in [3.8, 4) is 0 Å². The van der Waals surface area contributed by atoms with Crippen molar-refractivity contribution in [2.45, 2.75) is 18.4 Å². The minimum Gasteiger partial charge on any atom is -0.354 e. The lowest BCUT2D eigenvalue weighted by atomic mass is 9.77. The van der Waals surface area contributed by atoms with Gasteiger partial charge in [0.25, 0.3) is 0 Å². The molecule has 5 nitrogen and oxygen atoms in total. The van der Waals surface area contributed by atoms with E-state index in [0.29, 0.717) is 12.5 Å². The minimum absolute atomic E-state index is 0.151. The van der Waals surface area contributed by atoms with Crippen LogP contribution in [0, 0.1) is 0 Å². The fourth-order valence-electron chi connectivity index (χ4n) is 2.63. The molecule has 1 aliphatic rings. The fraction of sp³-hybridized carbons (Fsp3) is 0.333. The van der Waals surface area contributed by atoms with E-state index in [2.05, 4.69) is 22.5 Å². The number of benzene rings is 1. The second kappa shape index (κ2) is 5.09. The molecule has 2 atom stereocenters. The van der Waals surface area contributed by atoms with E-state index in [-0.39, 0.29) is 5.91 Å². The molecule has 1 heterocycles. The van der Waals surface area contributed by atoms with Crippen LogP contribution in [0.5, 0.6) is 0 Å². The smallest absolute Gasteiger partial charge is 0.241 e. The molecule has 0 spiro atoms. The Morgan fingerprint density at radius 1 is 1.55 bits per heavy atom. The third-order valence-corrected chi connectivity index (χ3v) is 3.85. The van der Waals surface area contributed by atoms with Crippen molar-refractivity contribution in [1.82, 2.24) is 15.1 Å². The van der Waals surface area contributed by atoms with Gasteiger partial charge in [0.05, 0.1) is 6.20 Å². The van der Waals surface area contributed by atoms with Crippen LogP contribution in [0.25, 0.3) is 0 Å². The summed E-state index contributed by atoms with van der Waals surface area (Å²) in [4.78, 5) is 12.0. The molecule has 0 saturated carbocycles. The molecule has 2 unspecified atom stereocenters. The van der Waals surface area contributed by atoms with Crippen molar-refractivity contribution in [2.75, 3.05) is 6.54 Å². The summed E-state index contributed by atoms with van der Waals surface area (Å²) in [5, 5.41) is 6.96. The second-order valence-electron chi connectivity index (χ2n) is 5.27. The lowest BCUT2D eigenvalue weighted by Gasteiger charge is -2.30. The molecular weight excluding hydrogens is 252 g/mol. The number of hydrogen-bond donors (Lipinski definition) is 2. The minimum atomic E-state index is -0.654. The van der Waals surface area contributed by atoms with Crippen molar-refractivity contribution in [3.05, 3.63) is 53.3 Å². The van der Waals surface area contributed by atoms with Gasteiger partial charge in [0.15, 0.2) is 0 Å². The third-order valence-electron chi connectivity index (χ3n) is 3.85. The van der Waals surface area contributed by atoms with Crippen LogP contribution in [0.2, 0.25) is 0 Å². The van der Waals surface area contributed by atoms with E-state index < -0.39 is 6.04 Å². The Bertz CT molecular complexity index is 634. The predicted molar refractivity (Wildman–Crippen MR) is 76.0 cm³/mol. The van der Waals surface area contributed by atoms with Crippen LogP contribution in [0.15, 0.2) is 36.7 Å². The summed E-state index contributed by atoms with van der Waals surface area (Å²) in [6.45, 7) is 0.643. The topological polar surface area (TPSA) is 72.9 Å². The molecule has 3 rings (SSSR count). The quantitative estimate of drug-likeness (QED) is 0.866. The molecule has 104 valence electrons. The van der Waals surface area contributed by atoms with Crippen LogP contribution < -0.4 is 11.1 Å². The zero-order chi connectivity index (χ0) is 14.1. The Balaban J connectivity index is 1.56. The van der Waals surface area contributed by atoms with Gasteiger partial charge in [-0.2, -0.15) is 5.10 Å². The summed E-state index contributed by atoms with van der Waals surface area (Å²) >= 11 is 0. The van der Waals surface area contributed by atoms with Gasteiger partial charge >= 0.3 is 0 Å². The molecule has 1 aromatic heterocycles. The summed E-state index contributed by atoms with van der Waals surface area (Å²) in [6.07, 6.45) is 4.42. The highest BCUT2D eigenvalue weighted by molar-refractivity contribution is 5.82. The van der Waals surface area contributed by atoms with Gasteiger partial charge in [0.1, 0.15) is 6.04 Å². The molecule has 1 amide bonds. The van der Waals surface area contributed by atoms with Crippen molar-refractivity contribution in [1.29, 1.82) is 0 Å². The van der Waals surface area contributed by atoms with Crippen molar-refractivity contribution in [3.63, 3.8) is 0 Å².